The van der Waals surface area contributed by atoms with Crippen molar-refractivity contribution in [1.82, 2.24) is 0 Å². The normalized spacial score (nSPS) is 10.7. The topological polar surface area (TPSA) is 121 Å². The minimum absolute atomic E-state index is 0.0448. The van der Waals surface area contributed by atoms with E-state index in [4.69, 9.17) is 10.00 Å². The SMILES string of the molecule is CCN(CCC#N)c1ccc(N=Nc2c(C(=O)OC)sc([N+](=O)[O-])c2C)c(C)c1. The number of hydrogen-bond donors (Lipinski definition) is 0. The number of anilines is 1. The minimum atomic E-state index is -0.691. The molecule has 0 bridgehead atoms. The van der Waals surface area contributed by atoms with Crippen molar-refractivity contribution in [3.05, 3.63) is 44.3 Å². The van der Waals surface area contributed by atoms with Crippen LogP contribution < -0.4 is 4.90 Å². The molecular weight excluding hydrogens is 394 g/mol. The Kier molecular flexibility index (Phi) is 7.39. The van der Waals surface area contributed by atoms with E-state index in [1.807, 2.05) is 26.0 Å². The average Bonchev–Trinajstić information content (AvgIpc) is 3.04. The zero-order valence-corrected chi connectivity index (χ0v) is 17.4. The van der Waals surface area contributed by atoms with Crippen LogP contribution >= 0.6 is 11.3 Å². The number of carbonyl (C=O) groups is 1. The Bertz CT molecular complexity index is 993. The van der Waals surface area contributed by atoms with E-state index < -0.39 is 10.9 Å². The highest BCUT2D eigenvalue weighted by atomic mass is 32.1. The molecule has 2 rings (SSSR count). The zero-order chi connectivity index (χ0) is 21.6. The first-order chi connectivity index (χ1) is 13.8. The summed E-state index contributed by atoms with van der Waals surface area (Å²) in [5.74, 6) is -0.691. The lowest BCUT2D eigenvalue weighted by molar-refractivity contribution is -0.380. The molecule has 0 amide bonds. The molecule has 1 aromatic carbocycles. The third-order valence-electron chi connectivity index (χ3n) is 4.30. The van der Waals surface area contributed by atoms with E-state index in [-0.39, 0.29) is 21.1 Å². The van der Waals surface area contributed by atoms with Gasteiger partial charge in [-0.1, -0.05) is 11.3 Å². The van der Waals surface area contributed by atoms with Crippen LogP contribution in [0.5, 0.6) is 0 Å². The first-order valence-electron chi connectivity index (χ1n) is 8.84. The van der Waals surface area contributed by atoms with E-state index >= 15 is 0 Å². The van der Waals surface area contributed by atoms with Crippen molar-refractivity contribution >= 4 is 39.4 Å². The molecule has 0 N–H and O–H groups in total. The van der Waals surface area contributed by atoms with E-state index in [2.05, 4.69) is 21.2 Å². The van der Waals surface area contributed by atoms with Crippen molar-refractivity contribution in [2.75, 3.05) is 25.1 Å². The summed E-state index contributed by atoms with van der Waals surface area (Å²) in [6.07, 6.45) is 0.431. The van der Waals surface area contributed by atoms with Gasteiger partial charge in [-0.05, 0) is 44.5 Å². The van der Waals surface area contributed by atoms with Crippen LogP contribution in [0.25, 0.3) is 0 Å². The summed E-state index contributed by atoms with van der Waals surface area (Å²) >= 11 is 0.723. The fourth-order valence-corrected chi connectivity index (χ4v) is 3.70. The van der Waals surface area contributed by atoms with Gasteiger partial charge >= 0.3 is 11.0 Å². The molecule has 1 aromatic heterocycles. The summed E-state index contributed by atoms with van der Waals surface area (Å²) in [5.41, 5.74) is 2.81. The summed E-state index contributed by atoms with van der Waals surface area (Å²) in [7, 11) is 1.21. The predicted molar refractivity (Wildman–Crippen MR) is 111 cm³/mol. The molecule has 1 heterocycles. The first-order valence-corrected chi connectivity index (χ1v) is 9.66. The monoisotopic (exact) mass is 415 g/mol. The molecule has 0 saturated carbocycles. The number of benzene rings is 1. The highest BCUT2D eigenvalue weighted by molar-refractivity contribution is 7.18. The molecule has 0 aliphatic rings. The van der Waals surface area contributed by atoms with Crippen LogP contribution in [0, 0.1) is 35.3 Å². The molecule has 0 atom stereocenters. The van der Waals surface area contributed by atoms with Gasteiger partial charge in [-0.2, -0.15) is 10.4 Å². The zero-order valence-electron chi connectivity index (χ0n) is 16.6. The largest absolute Gasteiger partial charge is 0.465 e. The Morgan fingerprint density at radius 1 is 1.38 bits per heavy atom. The molecule has 0 radical (unpaired) electrons. The smallest absolute Gasteiger partial charge is 0.350 e. The van der Waals surface area contributed by atoms with Crippen molar-refractivity contribution in [3.63, 3.8) is 0 Å². The molecule has 0 spiro atoms. The molecule has 0 fully saturated rings. The van der Waals surface area contributed by atoms with E-state index in [0.29, 0.717) is 18.7 Å². The molecule has 0 aliphatic heterocycles. The lowest BCUT2D eigenvalue weighted by atomic mass is 10.1. The van der Waals surface area contributed by atoms with Gasteiger partial charge in [-0.15, -0.1) is 5.11 Å². The number of methoxy groups -OCH3 is 1. The number of nitrogens with zero attached hydrogens (tertiary/aromatic N) is 5. The lowest BCUT2D eigenvalue weighted by Gasteiger charge is -2.22. The number of carbonyl (C=O) groups excluding carboxylic acids is 1. The average molecular weight is 415 g/mol. The van der Waals surface area contributed by atoms with Crippen molar-refractivity contribution in [2.24, 2.45) is 10.2 Å². The Hall–Kier alpha value is -3.32. The van der Waals surface area contributed by atoms with Crippen LogP contribution in [-0.4, -0.2) is 31.1 Å². The van der Waals surface area contributed by atoms with Crippen molar-refractivity contribution in [2.45, 2.75) is 27.2 Å². The van der Waals surface area contributed by atoms with Gasteiger partial charge in [-0.3, -0.25) is 10.1 Å². The number of azo groups is 1. The van der Waals surface area contributed by atoms with Gasteiger partial charge in [-0.25, -0.2) is 4.79 Å². The molecule has 0 unspecified atom stereocenters. The second-order valence-corrected chi connectivity index (χ2v) is 7.12. The quantitative estimate of drug-likeness (QED) is 0.252. The maximum absolute atomic E-state index is 12.0. The summed E-state index contributed by atoms with van der Waals surface area (Å²) in [4.78, 5) is 24.8. The van der Waals surface area contributed by atoms with Gasteiger partial charge in [0.15, 0.2) is 0 Å². The minimum Gasteiger partial charge on any atom is -0.465 e. The maximum Gasteiger partial charge on any atom is 0.350 e. The second-order valence-electron chi connectivity index (χ2n) is 6.12. The molecule has 9 nitrogen and oxygen atoms in total. The Labute approximate surface area is 172 Å². The number of nitriles is 1. The fourth-order valence-electron chi connectivity index (χ4n) is 2.73. The van der Waals surface area contributed by atoms with E-state index in [1.54, 1.807) is 6.07 Å². The Balaban J connectivity index is 2.38. The first kappa shape index (κ1) is 22.0. The lowest BCUT2D eigenvalue weighted by Crippen LogP contribution is -2.23. The highest BCUT2D eigenvalue weighted by Crippen LogP contribution is 2.41. The summed E-state index contributed by atoms with van der Waals surface area (Å²) < 4.78 is 4.71. The van der Waals surface area contributed by atoms with Crippen LogP contribution in [0.4, 0.5) is 22.1 Å². The van der Waals surface area contributed by atoms with Crippen LogP contribution in [0.2, 0.25) is 0 Å². The molecule has 0 saturated heterocycles. The number of ether oxygens (including phenoxy) is 1. The number of esters is 1. The molecule has 152 valence electrons. The standard InChI is InChI=1S/C19H21N5O4S/c1-5-23(10-6-9-20)14-7-8-15(12(2)11-14)21-22-16-13(3)18(24(26)27)29-17(16)19(25)28-4/h7-8,11H,5-6,10H2,1-4H3. The van der Waals surface area contributed by atoms with E-state index in [0.717, 1.165) is 29.1 Å². The van der Waals surface area contributed by atoms with Gasteiger partial charge in [0.2, 0.25) is 0 Å². The van der Waals surface area contributed by atoms with Crippen LogP contribution in [0.3, 0.4) is 0 Å². The Morgan fingerprint density at radius 2 is 2.10 bits per heavy atom. The van der Waals surface area contributed by atoms with Gasteiger partial charge < -0.3 is 9.64 Å². The van der Waals surface area contributed by atoms with E-state index in [9.17, 15) is 14.9 Å². The van der Waals surface area contributed by atoms with Crippen LogP contribution in [0.15, 0.2) is 28.4 Å². The third-order valence-corrected chi connectivity index (χ3v) is 5.52. The third kappa shape index (κ3) is 4.94. The predicted octanol–water partition coefficient (Wildman–Crippen LogP) is 5.22. The van der Waals surface area contributed by atoms with Gasteiger partial charge in [0.1, 0.15) is 10.6 Å². The summed E-state index contributed by atoms with van der Waals surface area (Å²) in [5, 5.41) is 28.2. The number of nitro groups is 1. The van der Waals surface area contributed by atoms with Crippen LogP contribution in [0.1, 0.15) is 34.1 Å². The highest BCUT2D eigenvalue weighted by Gasteiger charge is 2.27. The molecule has 0 aliphatic carbocycles. The molecular formula is C19H21N5O4S. The summed E-state index contributed by atoms with van der Waals surface area (Å²) in [6.45, 7) is 6.82. The number of hydrogen-bond acceptors (Lipinski definition) is 9. The maximum atomic E-state index is 12.0. The fraction of sp³-hybridized carbons (Fsp3) is 0.368. The van der Waals surface area contributed by atoms with Gasteiger partial charge in [0.25, 0.3) is 0 Å². The summed E-state index contributed by atoms with van der Waals surface area (Å²) in [6, 6.07) is 7.76. The number of rotatable bonds is 8. The number of thiophene rings is 1. The van der Waals surface area contributed by atoms with Crippen molar-refractivity contribution in [1.29, 1.82) is 5.26 Å². The van der Waals surface area contributed by atoms with Gasteiger partial charge in [0, 0.05) is 18.8 Å². The van der Waals surface area contributed by atoms with Gasteiger partial charge in [0.05, 0.1) is 35.8 Å². The Morgan fingerprint density at radius 3 is 2.66 bits per heavy atom. The van der Waals surface area contributed by atoms with Crippen molar-refractivity contribution < 1.29 is 14.5 Å². The molecule has 10 heteroatoms. The van der Waals surface area contributed by atoms with Crippen LogP contribution in [-0.2, 0) is 4.74 Å². The number of aryl methyl sites for hydroxylation is 1. The molecule has 29 heavy (non-hydrogen) atoms. The van der Waals surface area contributed by atoms with E-state index in [1.165, 1.54) is 14.0 Å². The second kappa shape index (κ2) is 9.75. The molecule has 2 aromatic rings. The van der Waals surface area contributed by atoms with Crippen molar-refractivity contribution in [3.8, 4) is 6.07 Å².